The van der Waals surface area contributed by atoms with Crippen LogP contribution in [-0.4, -0.2) is 38.7 Å². The molecule has 1 aromatic carbocycles. The number of hydrogen-bond acceptors (Lipinski definition) is 4. The monoisotopic (exact) mass is 327 g/mol. The van der Waals surface area contributed by atoms with Crippen LogP contribution in [-0.2, 0) is 29.2 Å². The van der Waals surface area contributed by atoms with Gasteiger partial charge >= 0.3 is 0 Å². The Morgan fingerprint density at radius 2 is 2.17 bits per heavy atom. The highest BCUT2D eigenvalue weighted by molar-refractivity contribution is 5.81. The van der Waals surface area contributed by atoms with Crippen molar-refractivity contribution in [1.82, 2.24) is 24.4 Å². The minimum Gasteiger partial charge on any atom is -0.383 e. The normalized spacial score (nSPS) is 11.1. The van der Waals surface area contributed by atoms with Crippen molar-refractivity contribution in [2.75, 3.05) is 13.7 Å². The van der Waals surface area contributed by atoms with Crippen molar-refractivity contribution in [1.29, 1.82) is 0 Å². The minimum absolute atomic E-state index is 0.0549. The van der Waals surface area contributed by atoms with Gasteiger partial charge < -0.3 is 19.2 Å². The topological polar surface area (TPSA) is 74.0 Å². The molecule has 0 bridgehead atoms. The lowest BCUT2D eigenvalue weighted by molar-refractivity contribution is -0.121. The first-order chi connectivity index (χ1) is 11.7. The number of para-hydroxylation sites is 2. The highest BCUT2D eigenvalue weighted by Gasteiger charge is 2.11. The highest BCUT2D eigenvalue weighted by atomic mass is 16.5. The highest BCUT2D eigenvalue weighted by Crippen LogP contribution is 2.15. The van der Waals surface area contributed by atoms with Gasteiger partial charge in [0.2, 0.25) is 5.91 Å². The number of aryl methyl sites for hydroxylation is 1. The fraction of sp³-hybridized carbons (Fsp3) is 0.353. The summed E-state index contributed by atoms with van der Waals surface area (Å²) in [6.07, 6.45) is 3.50. The lowest BCUT2D eigenvalue weighted by atomic mass is 10.3. The van der Waals surface area contributed by atoms with Crippen LogP contribution in [0, 0.1) is 6.92 Å². The quantitative estimate of drug-likeness (QED) is 0.714. The van der Waals surface area contributed by atoms with E-state index in [2.05, 4.69) is 15.3 Å². The zero-order chi connectivity index (χ0) is 16.9. The summed E-state index contributed by atoms with van der Waals surface area (Å²) in [5.74, 6) is 0.775. The summed E-state index contributed by atoms with van der Waals surface area (Å²) in [6.45, 7) is 3.92. The maximum absolute atomic E-state index is 12.3. The number of ether oxygens (including phenoxy) is 1. The summed E-state index contributed by atoms with van der Waals surface area (Å²) >= 11 is 0. The third kappa shape index (κ3) is 3.46. The van der Waals surface area contributed by atoms with Crippen LogP contribution in [0.25, 0.3) is 11.0 Å². The van der Waals surface area contributed by atoms with Gasteiger partial charge in [-0.3, -0.25) is 4.79 Å². The first kappa shape index (κ1) is 16.2. The molecule has 0 spiro atoms. The fourth-order valence-corrected chi connectivity index (χ4v) is 2.67. The van der Waals surface area contributed by atoms with Gasteiger partial charge in [0.05, 0.1) is 36.2 Å². The summed E-state index contributed by atoms with van der Waals surface area (Å²) in [7, 11) is 1.66. The molecule has 0 aliphatic rings. The molecular formula is C17H21N5O2. The van der Waals surface area contributed by atoms with Gasteiger partial charge in [0.1, 0.15) is 12.4 Å². The van der Waals surface area contributed by atoms with E-state index in [9.17, 15) is 4.79 Å². The van der Waals surface area contributed by atoms with Crippen molar-refractivity contribution in [3.8, 4) is 0 Å². The number of nitrogens with one attached hydrogen (secondary N) is 1. The number of benzene rings is 1. The fourth-order valence-electron chi connectivity index (χ4n) is 2.67. The summed E-state index contributed by atoms with van der Waals surface area (Å²) in [5, 5.41) is 2.94. The molecule has 3 aromatic rings. The molecule has 0 fully saturated rings. The summed E-state index contributed by atoms with van der Waals surface area (Å²) < 4.78 is 8.97. The van der Waals surface area contributed by atoms with E-state index in [4.69, 9.17) is 4.74 Å². The van der Waals surface area contributed by atoms with Crippen LogP contribution >= 0.6 is 0 Å². The number of aromatic nitrogens is 4. The van der Waals surface area contributed by atoms with E-state index in [0.717, 1.165) is 22.6 Å². The molecule has 126 valence electrons. The van der Waals surface area contributed by atoms with Gasteiger partial charge in [-0.15, -0.1) is 0 Å². The van der Waals surface area contributed by atoms with Crippen LogP contribution < -0.4 is 5.32 Å². The smallest absolute Gasteiger partial charge is 0.240 e. The van der Waals surface area contributed by atoms with Gasteiger partial charge in [0.25, 0.3) is 0 Å². The van der Waals surface area contributed by atoms with Crippen LogP contribution in [0.5, 0.6) is 0 Å². The number of nitrogens with zero attached hydrogens (tertiary/aromatic N) is 4. The molecule has 0 saturated carbocycles. The lowest BCUT2D eigenvalue weighted by Crippen LogP contribution is -2.28. The second-order valence-electron chi connectivity index (χ2n) is 5.58. The molecule has 24 heavy (non-hydrogen) atoms. The molecule has 2 aromatic heterocycles. The van der Waals surface area contributed by atoms with Crippen molar-refractivity contribution in [2.45, 2.75) is 26.6 Å². The zero-order valence-electron chi connectivity index (χ0n) is 13.9. The largest absolute Gasteiger partial charge is 0.383 e. The van der Waals surface area contributed by atoms with Crippen LogP contribution in [0.4, 0.5) is 0 Å². The number of carbonyl (C=O) groups excluding carboxylic acids is 1. The second kappa shape index (κ2) is 7.27. The molecule has 7 nitrogen and oxygen atoms in total. The van der Waals surface area contributed by atoms with Crippen molar-refractivity contribution < 1.29 is 9.53 Å². The maximum Gasteiger partial charge on any atom is 0.240 e. The molecule has 0 aliphatic carbocycles. The SMILES string of the molecule is COCCn1cncc1CNC(=O)Cn1c(C)nc2ccccc21. The molecule has 0 unspecified atom stereocenters. The molecule has 0 radical (unpaired) electrons. The van der Waals surface area contributed by atoms with Gasteiger partial charge in [-0.05, 0) is 19.1 Å². The molecule has 1 N–H and O–H groups in total. The maximum atomic E-state index is 12.3. The average Bonchev–Trinajstić information content (AvgIpc) is 3.15. The number of methoxy groups -OCH3 is 1. The number of hydrogen-bond donors (Lipinski definition) is 1. The molecule has 0 aliphatic heterocycles. The Balaban J connectivity index is 1.64. The van der Waals surface area contributed by atoms with E-state index < -0.39 is 0 Å². The first-order valence-electron chi connectivity index (χ1n) is 7.85. The molecule has 0 atom stereocenters. The molecular weight excluding hydrogens is 306 g/mol. The number of imidazole rings is 2. The molecule has 2 heterocycles. The molecule has 7 heteroatoms. The minimum atomic E-state index is -0.0549. The van der Waals surface area contributed by atoms with Crippen LogP contribution in [0.1, 0.15) is 11.5 Å². The first-order valence-corrected chi connectivity index (χ1v) is 7.85. The van der Waals surface area contributed by atoms with Gasteiger partial charge in [0, 0.05) is 19.9 Å². The Hall–Kier alpha value is -2.67. The number of fused-ring (bicyclic) bond motifs is 1. The Kier molecular flexibility index (Phi) is 4.90. The van der Waals surface area contributed by atoms with Gasteiger partial charge in [-0.1, -0.05) is 12.1 Å². The molecule has 3 rings (SSSR count). The van der Waals surface area contributed by atoms with E-state index in [0.29, 0.717) is 19.7 Å². The van der Waals surface area contributed by atoms with E-state index >= 15 is 0 Å². The number of amides is 1. The van der Waals surface area contributed by atoms with E-state index in [1.807, 2.05) is 40.3 Å². The second-order valence-corrected chi connectivity index (χ2v) is 5.58. The molecule has 1 amide bonds. The average molecular weight is 327 g/mol. The Morgan fingerprint density at radius 3 is 3.00 bits per heavy atom. The third-order valence-corrected chi connectivity index (χ3v) is 3.95. The number of carbonyl (C=O) groups is 1. The van der Waals surface area contributed by atoms with Crippen LogP contribution in [0.15, 0.2) is 36.8 Å². The predicted octanol–water partition coefficient (Wildman–Crippen LogP) is 1.50. The van der Waals surface area contributed by atoms with Crippen LogP contribution in [0.3, 0.4) is 0 Å². The summed E-state index contributed by atoms with van der Waals surface area (Å²) in [6, 6.07) is 7.82. The Labute approximate surface area is 140 Å². The Bertz CT molecular complexity index is 836. The summed E-state index contributed by atoms with van der Waals surface area (Å²) in [4.78, 5) is 20.9. The lowest BCUT2D eigenvalue weighted by Gasteiger charge is -2.10. The van der Waals surface area contributed by atoms with E-state index in [-0.39, 0.29) is 12.5 Å². The molecule has 0 saturated heterocycles. The number of rotatable bonds is 7. The van der Waals surface area contributed by atoms with Crippen LogP contribution in [0.2, 0.25) is 0 Å². The third-order valence-electron chi connectivity index (χ3n) is 3.95. The van der Waals surface area contributed by atoms with Gasteiger partial charge in [-0.2, -0.15) is 0 Å². The van der Waals surface area contributed by atoms with Crippen molar-refractivity contribution >= 4 is 16.9 Å². The predicted molar refractivity (Wildman–Crippen MR) is 90.4 cm³/mol. The van der Waals surface area contributed by atoms with E-state index in [1.165, 1.54) is 0 Å². The zero-order valence-corrected chi connectivity index (χ0v) is 13.9. The summed E-state index contributed by atoms with van der Waals surface area (Å²) in [5.41, 5.74) is 2.82. The standard InChI is InChI=1S/C17H21N5O2/c1-13-20-15-5-3-4-6-16(15)22(13)11-17(23)19-10-14-9-18-12-21(14)7-8-24-2/h3-6,9,12H,7-8,10-11H2,1-2H3,(H,19,23). The van der Waals surface area contributed by atoms with Crippen molar-refractivity contribution in [3.05, 3.63) is 48.3 Å². The van der Waals surface area contributed by atoms with Crippen molar-refractivity contribution in [2.24, 2.45) is 0 Å². The van der Waals surface area contributed by atoms with E-state index in [1.54, 1.807) is 19.6 Å². The van der Waals surface area contributed by atoms with Crippen molar-refractivity contribution in [3.63, 3.8) is 0 Å². The Morgan fingerprint density at radius 1 is 1.33 bits per heavy atom. The van der Waals surface area contributed by atoms with Gasteiger partial charge in [-0.25, -0.2) is 9.97 Å². The van der Waals surface area contributed by atoms with Gasteiger partial charge in [0.15, 0.2) is 0 Å².